The summed E-state index contributed by atoms with van der Waals surface area (Å²) in [4.78, 5) is 8.38. The molecule has 0 aliphatic heterocycles. The molecule has 0 aliphatic carbocycles. The Labute approximate surface area is 96.2 Å². The molecular weight excluding hydrogens is 204 g/mol. The Morgan fingerprint density at radius 1 is 1.25 bits per heavy atom. The number of aromatic nitrogens is 2. The van der Waals surface area contributed by atoms with Crippen molar-refractivity contribution in [3.8, 4) is 5.88 Å². The van der Waals surface area contributed by atoms with Crippen LogP contribution in [0.1, 0.15) is 32.0 Å². The van der Waals surface area contributed by atoms with Gasteiger partial charge < -0.3 is 16.2 Å². The van der Waals surface area contributed by atoms with Crippen LogP contribution in [0.5, 0.6) is 5.88 Å². The van der Waals surface area contributed by atoms with Gasteiger partial charge in [-0.3, -0.25) is 0 Å². The fourth-order valence-corrected chi connectivity index (χ4v) is 1.64. The van der Waals surface area contributed by atoms with Gasteiger partial charge in [-0.1, -0.05) is 20.8 Å². The van der Waals surface area contributed by atoms with E-state index in [0.29, 0.717) is 18.8 Å². The van der Waals surface area contributed by atoms with E-state index in [1.54, 1.807) is 7.11 Å². The van der Waals surface area contributed by atoms with Crippen LogP contribution in [0.25, 0.3) is 0 Å². The first-order valence-corrected chi connectivity index (χ1v) is 5.31. The maximum Gasteiger partial charge on any atom is 0.223 e. The van der Waals surface area contributed by atoms with Gasteiger partial charge in [-0.25, -0.2) is 4.98 Å². The van der Waals surface area contributed by atoms with Crippen LogP contribution in [-0.2, 0) is 11.8 Å². The van der Waals surface area contributed by atoms with Crippen molar-refractivity contribution >= 4 is 5.95 Å². The molecular formula is C11H20N4O. The second-order valence-corrected chi connectivity index (χ2v) is 4.71. The highest BCUT2D eigenvalue weighted by Gasteiger charge is 2.23. The van der Waals surface area contributed by atoms with Crippen LogP contribution in [0.15, 0.2) is 0 Å². The van der Waals surface area contributed by atoms with Crippen molar-refractivity contribution in [2.24, 2.45) is 5.73 Å². The third-order valence-corrected chi connectivity index (χ3v) is 2.28. The minimum atomic E-state index is -0.102. The van der Waals surface area contributed by atoms with Crippen LogP contribution < -0.4 is 16.2 Å². The number of ether oxygens (including phenoxy) is 1. The monoisotopic (exact) mass is 224 g/mol. The van der Waals surface area contributed by atoms with E-state index in [2.05, 4.69) is 30.7 Å². The number of nitrogen functional groups attached to an aromatic ring is 1. The fourth-order valence-electron chi connectivity index (χ4n) is 1.64. The van der Waals surface area contributed by atoms with Crippen molar-refractivity contribution in [2.45, 2.75) is 32.6 Å². The summed E-state index contributed by atoms with van der Waals surface area (Å²) in [5.74, 6) is 0.769. The number of anilines is 1. The summed E-state index contributed by atoms with van der Waals surface area (Å²) in [7, 11) is 1.58. The Morgan fingerprint density at radius 3 is 2.31 bits per heavy atom. The molecule has 5 heteroatoms. The van der Waals surface area contributed by atoms with Gasteiger partial charge in [0, 0.05) is 11.0 Å². The van der Waals surface area contributed by atoms with E-state index in [9.17, 15) is 0 Å². The van der Waals surface area contributed by atoms with Crippen LogP contribution in [0, 0.1) is 0 Å². The van der Waals surface area contributed by atoms with E-state index in [0.717, 1.165) is 11.3 Å². The van der Waals surface area contributed by atoms with Crippen molar-refractivity contribution in [1.82, 2.24) is 9.97 Å². The van der Waals surface area contributed by atoms with Crippen molar-refractivity contribution in [1.29, 1.82) is 0 Å². The smallest absolute Gasteiger partial charge is 0.223 e. The molecule has 0 aromatic carbocycles. The van der Waals surface area contributed by atoms with Crippen LogP contribution in [0.3, 0.4) is 0 Å². The van der Waals surface area contributed by atoms with E-state index < -0.39 is 0 Å². The van der Waals surface area contributed by atoms with Crippen molar-refractivity contribution < 1.29 is 4.74 Å². The second-order valence-electron chi connectivity index (χ2n) is 4.71. The number of methoxy groups -OCH3 is 1. The summed E-state index contributed by atoms with van der Waals surface area (Å²) in [6, 6.07) is 0. The molecule has 0 aliphatic rings. The molecule has 90 valence electrons. The number of rotatable bonds is 3. The minimum absolute atomic E-state index is 0.102. The van der Waals surface area contributed by atoms with E-state index in [1.165, 1.54) is 0 Å². The Hall–Kier alpha value is -1.36. The highest BCUT2D eigenvalue weighted by Crippen LogP contribution is 2.29. The first-order chi connectivity index (χ1) is 7.40. The summed E-state index contributed by atoms with van der Waals surface area (Å²) in [5, 5.41) is 0. The predicted molar refractivity (Wildman–Crippen MR) is 64.5 cm³/mol. The van der Waals surface area contributed by atoms with Gasteiger partial charge in [0.1, 0.15) is 0 Å². The largest absolute Gasteiger partial charge is 0.481 e. The van der Waals surface area contributed by atoms with E-state index in [-0.39, 0.29) is 11.4 Å². The Morgan fingerprint density at radius 2 is 1.88 bits per heavy atom. The average Bonchev–Trinajstić information content (AvgIpc) is 2.18. The molecule has 1 aromatic heterocycles. The molecule has 0 radical (unpaired) electrons. The summed E-state index contributed by atoms with van der Waals surface area (Å²) >= 11 is 0. The minimum Gasteiger partial charge on any atom is -0.481 e. The molecule has 1 aromatic rings. The topological polar surface area (TPSA) is 87.0 Å². The molecule has 0 fully saturated rings. The average molecular weight is 224 g/mol. The zero-order chi connectivity index (χ0) is 12.3. The van der Waals surface area contributed by atoms with E-state index in [1.807, 2.05) is 0 Å². The predicted octanol–water partition coefficient (Wildman–Crippen LogP) is 0.866. The van der Waals surface area contributed by atoms with Gasteiger partial charge >= 0.3 is 0 Å². The van der Waals surface area contributed by atoms with E-state index >= 15 is 0 Å². The molecule has 0 amide bonds. The highest BCUT2D eigenvalue weighted by atomic mass is 16.5. The van der Waals surface area contributed by atoms with Gasteiger partial charge in [-0.2, -0.15) is 4.98 Å². The molecule has 1 heterocycles. The van der Waals surface area contributed by atoms with Crippen LogP contribution in [0.2, 0.25) is 0 Å². The SMILES string of the molecule is COc1nc(N)nc(C(C)(C)C)c1CCN. The maximum atomic E-state index is 5.66. The third-order valence-electron chi connectivity index (χ3n) is 2.28. The first kappa shape index (κ1) is 12.7. The fraction of sp³-hybridized carbons (Fsp3) is 0.636. The second kappa shape index (κ2) is 4.65. The standard InChI is InChI=1S/C11H20N4O/c1-11(2,3)8-7(5-6-12)9(16-4)15-10(13)14-8/h5-6,12H2,1-4H3,(H2,13,14,15). The Balaban J connectivity index is 3.38. The van der Waals surface area contributed by atoms with Crippen molar-refractivity contribution in [3.63, 3.8) is 0 Å². The lowest BCUT2D eigenvalue weighted by atomic mass is 9.88. The summed E-state index contributed by atoms with van der Waals surface area (Å²) in [6.07, 6.45) is 0.691. The van der Waals surface area contributed by atoms with Crippen LogP contribution in [0.4, 0.5) is 5.95 Å². The number of nitrogens with two attached hydrogens (primary N) is 2. The third kappa shape index (κ3) is 2.61. The molecule has 0 saturated carbocycles. The van der Waals surface area contributed by atoms with Crippen LogP contribution >= 0.6 is 0 Å². The lowest BCUT2D eigenvalue weighted by Crippen LogP contribution is -2.21. The highest BCUT2D eigenvalue weighted by molar-refractivity contribution is 5.39. The molecule has 0 saturated heterocycles. The lowest BCUT2D eigenvalue weighted by molar-refractivity contribution is 0.387. The number of nitrogens with zero attached hydrogens (tertiary/aromatic N) is 2. The lowest BCUT2D eigenvalue weighted by Gasteiger charge is -2.22. The van der Waals surface area contributed by atoms with Gasteiger partial charge in [0.15, 0.2) is 0 Å². The quantitative estimate of drug-likeness (QED) is 0.795. The molecule has 4 N–H and O–H groups in total. The van der Waals surface area contributed by atoms with Gasteiger partial charge in [0.25, 0.3) is 0 Å². The first-order valence-electron chi connectivity index (χ1n) is 5.31. The summed E-state index contributed by atoms with van der Waals surface area (Å²) < 4.78 is 5.23. The van der Waals surface area contributed by atoms with E-state index in [4.69, 9.17) is 16.2 Å². The molecule has 16 heavy (non-hydrogen) atoms. The Kier molecular flexibility index (Phi) is 3.70. The molecule has 0 unspecified atom stereocenters. The summed E-state index contributed by atoms with van der Waals surface area (Å²) in [5.41, 5.74) is 13.0. The van der Waals surface area contributed by atoms with Gasteiger partial charge in [-0.15, -0.1) is 0 Å². The molecule has 5 nitrogen and oxygen atoms in total. The molecule has 1 rings (SSSR count). The number of hydrogen-bond donors (Lipinski definition) is 2. The molecule has 0 atom stereocenters. The molecule has 0 spiro atoms. The summed E-state index contributed by atoms with van der Waals surface area (Å²) in [6.45, 7) is 6.77. The zero-order valence-corrected chi connectivity index (χ0v) is 10.4. The normalized spacial score (nSPS) is 11.6. The van der Waals surface area contributed by atoms with Gasteiger partial charge in [0.05, 0.1) is 12.8 Å². The maximum absolute atomic E-state index is 5.66. The van der Waals surface area contributed by atoms with Gasteiger partial charge in [-0.05, 0) is 13.0 Å². The van der Waals surface area contributed by atoms with Crippen molar-refractivity contribution in [3.05, 3.63) is 11.3 Å². The van der Waals surface area contributed by atoms with Crippen molar-refractivity contribution in [2.75, 3.05) is 19.4 Å². The van der Waals surface area contributed by atoms with Crippen LogP contribution in [-0.4, -0.2) is 23.6 Å². The number of hydrogen-bond acceptors (Lipinski definition) is 5. The Bertz CT molecular complexity index is 371. The van der Waals surface area contributed by atoms with Gasteiger partial charge in [0.2, 0.25) is 11.8 Å². The molecule has 0 bridgehead atoms. The zero-order valence-electron chi connectivity index (χ0n) is 10.4.